The molecule has 188 valence electrons. The number of benzene rings is 4. The van der Waals surface area contributed by atoms with E-state index in [2.05, 4.69) is 42.5 Å². The second kappa shape index (κ2) is 11.7. The molecule has 37 heavy (non-hydrogen) atoms. The van der Waals surface area contributed by atoms with E-state index in [1.54, 1.807) is 14.2 Å². The highest BCUT2D eigenvalue weighted by molar-refractivity contribution is 6.04. The lowest BCUT2D eigenvalue weighted by molar-refractivity contribution is 0.256. The van der Waals surface area contributed by atoms with Crippen LogP contribution in [0.3, 0.4) is 0 Å². The molecule has 5 heteroatoms. The lowest BCUT2D eigenvalue weighted by Crippen LogP contribution is -2.16. The number of aliphatic imine (C=N–C) groups is 1. The smallest absolute Gasteiger partial charge is 0.161 e. The summed E-state index contributed by atoms with van der Waals surface area (Å²) in [5.41, 5.74) is 6.70. The summed E-state index contributed by atoms with van der Waals surface area (Å²) in [6.45, 7) is 1.70. The fourth-order valence-electron chi connectivity index (χ4n) is 4.50. The van der Waals surface area contributed by atoms with E-state index < -0.39 is 0 Å². The molecular weight excluding hydrogens is 462 g/mol. The first-order chi connectivity index (χ1) is 18.2. The van der Waals surface area contributed by atoms with Crippen LogP contribution in [0.1, 0.15) is 27.8 Å². The number of rotatable bonds is 10. The number of hydrogen-bond acceptors (Lipinski definition) is 5. The molecule has 5 rings (SSSR count). The third kappa shape index (κ3) is 5.95. The van der Waals surface area contributed by atoms with Gasteiger partial charge in [-0.15, -0.1) is 0 Å². The molecule has 0 spiro atoms. The van der Waals surface area contributed by atoms with Gasteiger partial charge in [0.2, 0.25) is 0 Å². The zero-order valence-electron chi connectivity index (χ0n) is 21.3. The van der Waals surface area contributed by atoms with Crippen molar-refractivity contribution in [2.45, 2.75) is 26.1 Å². The summed E-state index contributed by atoms with van der Waals surface area (Å²) in [5, 5.41) is 0. The van der Waals surface area contributed by atoms with E-state index in [4.69, 9.17) is 23.9 Å². The molecular formula is C32H31NO4. The molecule has 4 aromatic carbocycles. The number of hydrogen-bond donors (Lipinski definition) is 0. The first-order valence-electron chi connectivity index (χ1n) is 12.5. The molecule has 0 amide bonds. The third-order valence-electron chi connectivity index (χ3n) is 6.46. The fraction of sp³-hybridized carbons (Fsp3) is 0.219. The Morgan fingerprint density at radius 3 is 1.89 bits per heavy atom. The van der Waals surface area contributed by atoms with E-state index in [1.807, 2.05) is 48.5 Å². The summed E-state index contributed by atoms with van der Waals surface area (Å²) in [6, 6.07) is 30.6. The SMILES string of the molecule is COc1cc2c(cc1OC)C(Cc1ccc(OCc3ccccc3)c(OCc3ccccc3)c1)=NCC2. The van der Waals surface area contributed by atoms with Crippen molar-refractivity contribution in [2.24, 2.45) is 4.99 Å². The molecule has 0 fully saturated rings. The molecule has 0 radical (unpaired) electrons. The quantitative estimate of drug-likeness (QED) is 0.255. The van der Waals surface area contributed by atoms with Gasteiger partial charge in [-0.1, -0.05) is 66.7 Å². The molecule has 5 nitrogen and oxygen atoms in total. The van der Waals surface area contributed by atoms with Gasteiger partial charge in [-0.05, 0) is 52.9 Å². The number of fused-ring (bicyclic) bond motifs is 1. The van der Waals surface area contributed by atoms with Gasteiger partial charge in [-0.25, -0.2) is 0 Å². The fourth-order valence-corrected chi connectivity index (χ4v) is 4.50. The second-order valence-corrected chi connectivity index (χ2v) is 8.95. The maximum absolute atomic E-state index is 6.28. The number of nitrogens with zero attached hydrogens (tertiary/aromatic N) is 1. The molecule has 4 aromatic rings. The van der Waals surface area contributed by atoms with Gasteiger partial charge in [0, 0.05) is 24.2 Å². The van der Waals surface area contributed by atoms with Crippen molar-refractivity contribution in [3.63, 3.8) is 0 Å². The van der Waals surface area contributed by atoms with Crippen LogP contribution >= 0.6 is 0 Å². The predicted octanol–water partition coefficient (Wildman–Crippen LogP) is 6.45. The Morgan fingerprint density at radius 1 is 0.622 bits per heavy atom. The van der Waals surface area contributed by atoms with Crippen molar-refractivity contribution < 1.29 is 18.9 Å². The lowest BCUT2D eigenvalue weighted by atomic mass is 9.93. The van der Waals surface area contributed by atoms with Crippen LogP contribution in [-0.4, -0.2) is 26.5 Å². The van der Waals surface area contributed by atoms with Crippen molar-refractivity contribution in [3.8, 4) is 23.0 Å². The second-order valence-electron chi connectivity index (χ2n) is 8.95. The van der Waals surface area contributed by atoms with E-state index in [0.717, 1.165) is 58.2 Å². The predicted molar refractivity (Wildman–Crippen MR) is 146 cm³/mol. The Bertz CT molecular complexity index is 1370. The minimum absolute atomic E-state index is 0.465. The normalized spacial score (nSPS) is 12.3. The topological polar surface area (TPSA) is 49.3 Å². The minimum atomic E-state index is 0.465. The van der Waals surface area contributed by atoms with Gasteiger partial charge in [-0.3, -0.25) is 4.99 Å². The van der Waals surface area contributed by atoms with Crippen LogP contribution in [-0.2, 0) is 26.1 Å². The van der Waals surface area contributed by atoms with Crippen LogP contribution in [0.4, 0.5) is 0 Å². The van der Waals surface area contributed by atoms with E-state index in [1.165, 1.54) is 5.56 Å². The monoisotopic (exact) mass is 493 g/mol. The molecule has 0 saturated carbocycles. The average molecular weight is 494 g/mol. The molecule has 0 saturated heterocycles. The Hall–Kier alpha value is -4.25. The summed E-state index contributed by atoms with van der Waals surface area (Å²) in [4.78, 5) is 4.87. The Morgan fingerprint density at radius 2 is 1.24 bits per heavy atom. The Labute approximate surface area is 218 Å². The molecule has 1 aliphatic rings. The molecule has 0 aromatic heterocycles. The maximum Gasteiger partial charge on any atom is 0.161 e. The summed E-state index contributed by atoms with van der Waals surface area (Å²) >= 11 is 0. The molecule has 1 aliphatic heterocycles. The number of ether oxygens (including phenoxy) is 4. The zero-order chi connectivity index (χ0) is 25.5. The van der Waals surface area contributed by atoms with E-state index in [0.29, 0.717) is 25.4 Å². The lowest BCUT2D eigenvalue weighted by Gasteiger charge is -2.20. The van der Waals surface area contributed by atoms with Crippen LogP contribution < -0.4 is 18.9 Å². The first-order valence-corrected chi connectivity index (χ1v) is 12.5. The molecule has 0 unspecified atom stereocenters. The summed E-state index contributed by atoms with van der Waals surface area (Å²) in [7, 11) is 3.33. The summed E-state index contributed by atoms with van der Waals surface area (Å²) in [5.74, 6) is 2.91. The Balaban J connectivity index is 1.40. The molecule has 0 atom stereocenters. The minimum Gasteiger partial charge on any atom is -0.493 e. The van der Waals surface area contributed by atoms with Crippen molar-refractivity contribution in [3.05, 3.63) is 119 Å². The average Bonchev–Trinajstić information content (AvgIpc) is 2.96. The van der Waals surface area contributed by atoms with Crippen LogP contribution in [0, 0.1) is 0 Å². The van der Waals surface area contributed by atoms with Gasteiger partial charge in [0.15, 0.2) is 23.0 Å². The Kier molecular flexibility index (Phi) is 7.70. The highest BCUT2D eigenvalue weighted by atomic mass is 16.5. The van der Waals surface area contributed by atoms with Crippen molar-refractivity contribution in [2.75, 3.05) is 20.8 Å². The van der Waals surface area contributed by atoms with Gasteiger partial charge in [0.1, 0.15) is 13.2 Å². The zero-order valence-corrected chi connectivity index (χ0v) is 21.3. The van der Waals surface area contributed by atoms with Gasteiger partial charge in [0.25, 0.3) is 0 Å². The summed E-state index contributed by atoms with van der Waals surface area (Å²) in [6.07, 6.45) is 1.57. The highest BCUT2D eigenvalue weighted by Gasteiger charge is 2.19. The molecule has 0 bridgehead atoms. The van der Waals surface area contributed by atoms with Gasteiger partial charge < -0.3 is 18.9 Å². The van der Waals surface area contributed by atoms with Gasteiger partial charge >= 0.3 is 0 Å². The highest BCUT2D eigenvalue weighted by Crippen LogP contribution is 2.34. The van der Waals surface area contributed by atoms with Crippen LogP contribution in [0.5, 0.6) is 23.0 Å². The third-order valence-corrected chi connectivity index (χ3v) is 6.46. The van der Waals surface area contributed by atoms with Crippen molar-refractivity contribution in [1.82, 2.24) is 0 Å². The van der Waals surface area contributed by atoms with Crippen molar-refractivity contribution in [1.29, 1.82) is 0 Å². The first kappa shape index (κ1) is 24.4. The largest absolute Gasteiger partial charge is 0.493 e. The van der Waals surface area contributed by atoms with Crippen LogP contribution in [0.2, 0.25) is 0 Å². The van der Waals surface area contributed by atoms with E-state index in [9.17, 15) is 0 Å². The maximum atomic E-state index is 6.28. The van der Waals surface area contributed by atoms with Gasteiger partial charge in [-0.2, -0.15) is 0 Å². The van der Waals surface area contributed by atoms with E-state index in [-0.39, 0.29) is 0 Å². The molecule has 0 N–H and O–H groups in total. The standard InChI is InChI=1S/C32H31NO4/c1-34-30-19-26-15-16-33-28(27(26)20-31(30)35-2)17-25-13-14-29(36-21-23-9-5-3-6-10-23)32(18-25)37-22-24-11-7-4-8-12-24/h3-14,18-20H,15-17,21-22H2,1-2H3. The van der Waals surface area contributed by atoms with E-state index >= 15 is 0 Å². The van der Waals surface area contributed by atoms with Gasteiger partial charge in [0.05, 0.1) is 14.2 Å². The summed E-state index contributed by atoms with van der Waals surface area (Å²) < 4.78 is 23.5. The van der Waals surface area contributed by atoms with Crippen LogP contribution in [0.25, 0.3) is 0 Å². The number of methoxy groups -OCH3 is 2. The van der Waals surface area contributed by atoms with Crippen LogP contribution in [0.15, 0.2) is 96.0 Å². The molecule has 0 aliphatic carbocycles. The van der Waals surface area contributed by atoms with Crippen molar-refractivity contribution >= 4 is 5.71 Å². The molecule has 1 heterocycles.